The molecule has 6 nitrogen and oxygen atoms in total. The molecule has 1 fully saturated rings. The zero-order chi connectivity index (χ0) is 17.9. The van der Waals surface area contributed by atoms with E-state index in [0.29, 0.717) is 25.6 Å². The quantitative estimate of drug-likeness (QED) is 0.724. The molecule has 2 rings (SSSR count). The van der Waals surface area contributed by atoms with Crippen LogP contribution in [-0.2, 0) is 14.3 Å². The maximum absolute atomic E-state index is 12.2. The third kappa shape index (κ3) is 4.72. The molecule has 0 unspecified atom stereocenters. The summed E-state index contributed by atoms with van der Waals surface area (Å²) < 4.78 is 10.4. The Morgan fingerprint density at radius 2 is 1.75 bits per heavy atom. The number of esters is 1. The molecule has 1 amide bonds. The van der Waals surface area contributed by atoms with Crippen LogP contribution < -0.4 is 0 Å². The van der Waals surface area contributed by atoms with Gasteiger partial charge in [0.2, 0.25) is 0 Å². The van der Waals surface area contributed by atoms with E-state index in [0.717, 1.165) is 31.4 Å². The zero-order valence-electron chi connectivity index (χ0n) is 15.6. The lowest BCUT2D eigenvalue weighted by atomic mass is 9.82. The fourth-order valence-corrected chi connectivity index (χ4v) is 3.42. The second-order valence-electron chi connectivity index (χ2n) is 7.72. The van der Waals surface area contributed by atoms with Gasteiger partial charge >= 0.3 is 12.1 Å². The fraction of sp³-hybridized carbons (Fsp3) is 0.778. The number of ether oxygens (including phenoxy) is 2. The molecule has 1 saturated heterocycles. The van der Waals surface area contributed by atoms with E-state index in [-0.39, 0.29) is 12.1 Å². The van der Waals surface area contributed by atoms with Gasteiger partial charge in [-0.2, -0.15) is 0 Å². The van der Waals surface area contributed by atoms with E-state index in [1.165, 1.54) is 12.7 Å². The first-order valence-corrected chi connectivity index (χ1v) is 8.68. The van der Waals surface area contributed by atoms with Crippen molar-refractivity contribution in [2.75, 3.05) is 40.3 Å². The van der Waals surface area contributed by atoms with Crippen molar-refractivity contribution >= 4 is 12.1 Å². The van der Waals surface area contributed by atoms with Crippen LogP contribution in [0.2, 0.25) is 0 Å². The van der Waals surface area contributed by atoms with Crippen molar-refractivity contribution in [3.63, 3.8) is 0 Å². The maximum atomic E-state index is 12.2. The highest BCUT2D eigenvalue weighted by Crippen LogP contribution is 2.32. The van der Waals surface area contributed by atoms with Crippen molar-refractivity contribution in [2.24, 2.45) is 5.92 Å². The molecule has 0 radical (unpaired) electrons. The number of nitrogens with zero attached hydrogens (tertiary/aromatic N) is 2. The van der Waals surface area contributed by atoms with Crippen molar-refractivity contribution in [3.05, 3.63) is 11.1 Å². The lowest BCUT2D eigenvalue weighted by molar-refractivity contribution is -0.136. The van der Waals surface area contributed by atoms with Crippen LogP contribution in [0.5, 0.6) is 0 Å². The van der Waals surface area contributed by atoms with Gasteiger partial charge in [-0.05, 0) is 53.0 Å². The second-order valence-corrected chi connectivity index (χ2v) is 7.72. The number of methoxy groups -OCH3 is 1. The van der Waals surface area contributed by atoms with Crippen LogP contribution in [-0.4, -0.2) is 67.8 Å². The average molecular weight is 338 g/mol. The Kier molecular flexibility index (Phi) is 5.91. The van der Waals surface area contributed by atoms with E-state index >= 15 is 0 Å². The molecule has 0 saturated carbocycles. The molecular formula is C18H30N2O4. The molecule has 136 valence electrons. The molecule has 2 aliphatic heterocycles. The second kappa shape index (κ2) is 7.55. The number of likely N-dealkylation sites (N-methyl/N-ethyl adjacent to an activating group) is 1. The Morgan fingerprint density at radius 3 is 2.29 bits per heavy atom. The van der Waals surface area contributed by atoms with Crippen molar-refractivity contribution in [3.8, 4) is 0 Å². The van der Waals surface area contributed by atoms with Gasteiger partial charge in [-0.1, -0.05) is 5.57 Å². The minimum Gasteiger partial charge on any atom is -0.466 e. The third-order valence-electron chi connectivity index (χ3n) is 4.65. The lowest BCUT2D eigenvalue weighted by Crippen LogP contribution is -2.43. The molecule has 24 heavy (non-hydrogen) atoms. The van der Waals surface area contributed by atoms with Gasteiger partial charge in [0.25, 0.3) is 0 Å². The van der Waals surface area contributed by atoms with Crippen LogP contribution in [0.15, 0.2) is 11.1 Å². The predicted octanol–water partition coefficient (Wildman–Crippen LogP) is 2.44. The number of hydrogen-bond donors (Lipinski definition) is 0. The van der Waals surface area contributed by atoms with Crippen molar-refractivity contribution in [1.82, 2.24) is 9.80 Å². The standard InChI is InChI=1S/C18H30N2O4/c1-18(2,3)24-17(22)20-10-6-13(7-11-20)14-8-9-19(4)12-15(14)16(21)23-5/h13H,6-12H2,1-5H3. The Labute approximate surface area is 144 Å². The Morgan fingerprint density at radius 1 is 1.12 bits per heavy atom. The molecular weight excluding hydrogens is 308 g/mol. The summed E-state index contributed by atoms with van der Waals surface area (Å²) in [5.74, 6) is 0.137. The average Bonchev–Trinajstić information content (AvgIpc) is 2.52. The third-order valence-corrected chi connectivity index (χ3v) is 4.65. The van der Waals surface area contributed by atoms with E-state index in [4.69, 9.17) is 9.47 Å². The van der Waals surface area contributed by atoms with E-state index in [2.05, 4.69) is 4.90 Å². The monoisotopic (exact) mass is 338 g/mol. The Bertz CT molecular complexity index is 514. The molecule has 0 aliphatic carbocycles. The molecule has 0 N–H and O–H groups in total. The van der Waals surface area contributed by atoms with E-state index in [9.17, 15) is 9.59 Å². The van der Waals surface area contributed by atoms with Gasteiger partial charge in [0.15, 0.2) is 0 Å². The minimum absolute atomic E-state index is 0.217. The number of carbonyl (C=O) groups excluding carboxylic acids is 2. The van der Waals surface area contributed by atoms with Crippen LogP contribution in [0.1, 0.15) is 40.0 Å². The first-order chi connectivity index (χ1) is 11.2. The van der Waals surface area contributed by atoms with E-state index in [1.54, 1.807) is 4.90 Å². The highest BCUT2D eigenvalue weighted by molar-refractivity contribution is 5.90. The van der Waals surface area contributed by atoms with Crippen LogP contribution in [0.4, 0.5) is 4.79 Å². The summed E-state index contributed by atoms with van der Waals surface area (Å²) in [6.45, 7) is 8.59. The number of carbonyl (C=O) groups is 2. The van der Waals surface area contributed by atoms with Crippen LogP contribution in [0.25, 0.3) is 0 Å². The van der Waals surface area contributed by atoms with Crippen molar-refractivity contribution in [2.45, 2.75) is 45.6 Å². The summed E-state index contributed by atoms with van der Waals surface area (Å²) >= 11 is 0. The van der Waals surface area contributed by atoms with Gasteiger partial charge in [-0.25, -0.2) is 9.59 Å². The minimum atomic E-state index is -0.470. The maximum Gasteiger partial charge on any atom is 0.410 e. The molecule has 6 heteroatoms. The highest BCUT2D eigenvalue weighted by Gasteiger charge is 2.32. The first kappa shape index (κ1) is 18.8. The Hall–Kier alpha value is -1.56. The van der Waals surface area contributed by atoms with Crippen LogP contribution >= 0.6 is 0 Å². The number of hydrogen-bond acceptors (Lipinski definition) is 5. The lowest BCUT2D eigenvalue weighted by Gasteiger charge is -2.37. The van der Waals surface area contributed by atoms with E-state index < -0.39 is 5.60 Å². The Balaban J connectivity index is 2.02. The highest BCUT2D eigenvalue weighted by atomic mass is 16.6. The molecule has 0 aromatic heterocycles. The van der Waals surface area contributed by atoms with Crippen LogP contribution in [0, 0.1) is 5.92 Å². The van der Waals surface area contributed by atoms with Gasteiger partial charge in [0.05, 0.1) is 12.7 Å². The molecule has 2 aliphatic rings. The smallest absolute Gasteiger partial charge is 0.410 e. The van der Waals surface area contributed by atoms with Crippen LogP contribution in [0.3, 0.4) is 0 Å². The van der Waals surface area contributed by atoms with Gasteiger partial charge in [0.1, 0.15) is 5.60 Å². The molecule has 0 aromatic rings. The van der Waals surface area contributed by atoms with E-state index in [1.807, 2.05) is 27.8 Å². The molecule has 2 heterocycles. The summed E-state index contributed by atoms with van der Waals surface area (Å²) in [5, 5.41) is 0. The van der Waals surface area contributed by atoms with Gasteiger partial charge in [-0.15, -0.1) is 0 Å². The zero-order valence-corrected chi connectivity index (χ0v) is 15.6. The predicted molar refractivity (Wildman–Crippen MR) is 91.7 cm³/mol. The summed E-state index contributed by atoms with van der Waals surface area (Å²) in [4.78, 5) is 28.2. The topological polar surface area (TPSA) is 59.1 Å². The van der Waals surface area contributed by atoms with Crippen molar-refractivity contribution in [1.29, 1.82) is 0 Å². The summed E-state index contributed by atoms with van der Waals surface area (Å²) in [6.07, 6.45) is 2.40. The summed E-state index contributed by atoms with van der Waals surface area (Å²) in [7, 11) is 3.46. The molecule has 0 bridgehead atoms. The SMILES string of the molecule is COC(=O)C1=C(C2CCN(C(=O)OC(C)(C)C)CC2)CCN(C)C1. The summed E-state index contributed by atoms with van der Waals surface area (Å²) in [5.41, 5.74) is 1.56. The fourth-order valence-electron chi connectivity index (χ4n) is 3.42. The normalized spacial score (nSPS) is 21.0. The molecule has 0 aromatic carbocycles. The number of amides is 1. The van der Waals surface area contributed by atoms with Crippen molar-refractivity contribution < 1.29 is 19.1 Å². The van der Waals surface area contributed by atoms with Gasteiger partial charge < -0.3 is 19.3 Å². The summed E-state index contributed by atoms with van der Waals surface area (Å²) in [6, 6.07) is 0. The molecule has 0 atom stereocenters. The number of piperidine rings is 1. The van der Waals surface area contributed by atoms with Gasteiger partial charge in [-0.3, -0.25) is 0 Å². The number of likely N-dealkylation sites (tertiary alicyclic amines) is 1. The molecule has 0 spiro atoms. The van der Waals surface area contributed by atoms with Gasteiger partial charge in [0, 0.05) is 26.2 Å². The largest absolute Gasteiger partial charge is 0.466 e. The first-order valence-electron chi connectivity index (χ1n) is 8.68. The number of rotatable bonds is 2.